The molecule has 0 spiro atoms. The number of benzene rings is 1. The summed E-state index contributed by atoms with van der Waals surface area (Å²) in [5.74, 6) is 2.06. The van der Waals surface area contributed by atoms with Crippen molar-refractivity contribution in [2.24, 2.45) is 17.8 Å². The monoisotopic (exact) mass is 404 g/mol. The van der Waals surface area contributed by atoms with Gasteiger partial charge in [-0.3, -0.25) is 0 Å². The zero-order valence-corrected chi connectivity index (χ0v) is 18.6. The molecule has 0 unspecified atom stereocenters. The lowest BCUT2D eigenvalue weighted by Crippen LogP contribution is -2.34. The molecule has 2 nitrogen and oxygen atoms in total. The van der Waals surface area contributed by atoms with Crippen LogP contribution in [0.5, 0.6) is 0 Å². The molecule has 2 aliphatic rings. The van der Waals surface area contributed by atoms with Crippen molar-refractivity contribution in [3.05, 3.63) is 35.1 Å². The zero-order valence-electron chi connectivity index (χ0n) is 18.6. The Morgan fingerprint density at radius 1 is 0.862 bits per heavy atom. The van der Waals surface area contributed by atoms with Gasteiger partial charge in [0.2, 0.25) is 0 Å². The molecule has 29 heavy (non-hydrogen) atoms. The molecule has 0 amide bonds. The Balaban J connectivity index is 1.42. The molecule has 0 atom stereocenters. The van der Waals surface area contributed by atoms with Crippen molar-refractivity contribution in [3.63, 3.8) is 0 Å². The van der Waals surface area contributed by atoms with Gasteiger partial charge in [-0.2, -0.15) is 0 Å². The number of aryl methyl sites for hydroxylation is 1. The number of halogens is 1. The number of unbranched alkanes of at least 4 members (excludes halogenated alkanes) is 4. The van der Waals surface area contributed by atoms with Crippen LogP contribution < -0.4 is 0 Å². The van der Waals surface area contributed by atoms with Gasteiger partial charge in [0.25, 0.3) is 0 Å². The summed E-state index contributed by atoms with van der Waals surface area (Å²) in [6.45, 7) is 5.94. The van der Waals surface area contributed by atoms with Crippen molar-refractivity contribution in [3.8, 4) is 0 Å². The molecule has 1 aliphatic carbocycles. The highest BCUT2D eigenvalue weighted by Gasteiger charge is 2.32. The van der Waals surface area contributed by atoms with Crippen molar-refractivity contribution in [1.82, 2.24) is 0 Å². The third-order valence-electron chi connectivity index (χ3n) is 7.10. The Bertz CT molecular complexity index is 586. The topological polar surface area (TPSA) is 18.5 Å². The summed E-state index contributed by atoms with van der Waals surface area (Å²) < 4.78 is 26.5. The Morgan fingerprint density at radius 2 is 1.55 bits per heavy atom. The fourth-order valence-electron chi connectivity index (χ4n) is 5.09. The second-order valence-electron chi connectivity index (χ2n) is 9.34. The smallest absolute Gasteiger partial charge is 0.183 e. The molecule has 0 N–H and O–H groups in total. The van der Waals surface area contributed by atoms with Gasteiger partial charge in [0, 0.05) is 11.5 Å². The van der Waals surface area contributed by atoms with E-state index in [4.69, 9.17) is 9.47 Å². The highest BCUT2D eigenvalue weighted by atomic mass is 19.1. The quantitative estimate of drug-likeness (QED) is 0.374. The fourth-order valence-corrected chi connectivity index (χ4v) is 5.09. The highest BCUT2D eigenvalue weighted by Crippen LogP contribution is 2.38. The highest BCUT2D eigenvalue weighted by molar-refractivity contribution is 5.25. The van der Waals surface area contributed by atoms with Crippen molar-refractivity contribution in [1.29, 1.82) is 0 Å². The average molecular weight is 405 g/mol. The van der Waals surface area contributed by atoms with Gasteiger partial charge in [0.1, 0.15) is 5.82 Å². The molecule has 1 aromatic carbocycles. The standard InChI is InChI=1S/C26H41FO2/c1-3-5-7-9-20-11-13-21(14-12-20)24-18-28-26(29-19-24)23-16-15-22(25(27)17-23)10-8-6-4-2/h15-17,20-21,24,26H,3-14,18-19H2,1-2H3. The summed E-state index contributed by atoms with van der Waals surface area (Å²) >= 11 is 0. The normalized spacial score (nSPS) is 27.8. The second kappa shape index (κ2) is 12.1. The number of hydrogen-bond acceptors (Lipinski definition) is 2. The van der Waals surface area contributed by atoms with E-state index in [9.17, 15) is 4.39 Å². The maximum atomic E-state index is 14.4. The number of rotatable bonds is 10. The van der Waals surface area contributed by atoms with Gasteiger partial charge >= 0.3 is 0 Å². The van der Waals surface area contributed by atoms with Gasteiger partial charge in [-0.15, -0.1) is 0 Å². The molecule has 0 aromatic heterocycles. The molecule has 0 radical (unpaired) electrons. The largest absolute Gasteiger partial charge is 0.348 e. The molecule has 0 bridgehead atoms. The predicted octanol–water partition coefficient (Wildman–Crippen LogP) is 7.61. The van der Waals surface area contributed by atoms with E-state index >= 15 is 0 Å². The molecule has 1 heterocycles. The van der Waals surface area contributed by atoms with Gasteiger partial charge < -0.3 is 9.47 Å². The minimum Gasteiger partial charge on any atom is -0.348 e. The third-order valence-corrected chi connectivity index (χ3v) is 7.10. The van der Waals surface area contributed by atoms with Crippen molar-refractivity contribution in [2.45, 2.75) is 97.2 Å². The van der Waals surface area contributed by atoms with Gasteiger partial charge in [0.05, 0.1) is 13.2 Å². The zero-order chi connectivity index (χ0) is 20.5. The number of ether oxygens (including phenoxy) is 2. The fraction of sp³-hybridized carbons (Fsp3) is 0.769. The lowest BCUT2D eigenvalue weighted by Gasteiger charge is -2.38. The molecule has 1 aliphatic heterocycles. The van der Waals surface area contributed by atoms with E-state index in [2.05, 4.69) is 13.8 Å². The van der Waals surface area contributed by atoms with Gasteiger partial charge in [0.15, 0.2) is 6.29 Å². The Morgan fingerprint density at radius 3 is 2.21 bits per heavy atom. The summed E-state index contributed by atoms with van der Waals surface area (Å²) in [6.07, 6.45) is 14.7. The van der Waals surface area contributed by atoms with Crippen molar-refractivity contribution < 1.29 is 13.9 Å². The van der Waals surface area contributed by atoms with Crippen molar-refractivity contribution >= 4 is 0 Å². The van der Waals surface area contributed by atoms with E-state index in [1.807, 2.05) is 12.1 Å². The Kier molecular flexibility index (Phi) is 9.45. The van der Waals surface area contributed by atoms with Crippen LogP contribution in [-0.2, 0) is 15.9 Å². The molecule has 3 heteroatoms. The summed E-state index contributed by atoms with van der Waals surface area (Å²) in [4.78, 5) is 0. The van der Waals surface area contributed by atoms with Crippen LogP contribution in [0.1, 0.15) is 102 Å². The van der Waals surface area contributed by atoms with Crippen molar-refractivity contribution in [2.75, 3.05) is 13.2 Å². The molecule has 164 valence electrons. The molecule has 1 saturated carbocycles. The third kappa shape index (κ3) is 6.79. The summed E-state index contributed by atoms with van der Waals surface area (Å²) in [5, 5.41) is 0. The lowest BCUT2D eigenvalue weighted by atomic mass is 9.74. The maximum absolute atomic E-state index is 14.4. The maximum Gasteiger partial charge on any atom is 0.183 e. The van der Waals surface area contributed by atoms with E-state index in [1.54, 1.807) is 6.07 Å². The molecular weight excluding hydrogens is 363 g/mol. The first-order valence-electron chi connectivity index (χ1n) is 12.2. The summed E-state index contributed by atoms with van der Waals surface area (Å²) in [7, 11) is 0. The van der Waals surface area contributed by atoms with E-state index in [0.717, 1.165) is 61.9 Å². The molecule has 1 saturated heterocycles. The van der Waals surface area contributed by atoms with E-state index in [-0.39, 0.29) is 5.82 Å². The van der Waals surface area contributed by atoms with Crippen LogP contribution in [0.3, 0.4) is 0 Å². The van der Waals surface area contributed by atoms with Crippen LogP contribution in [0.2, 0.25) is 0 Å². The van der Waals surface area contributed by atoms with Crippen LogP contribution in [0.4, 0.5) is 4.39 Å². The van der Waals surface area contributed by atoms with E-state index < -0.39 is 6.29 Å². The second-order valence-corrected chi connectivity index (χ2v) is 9.34. The molecule has 3 rings (SSSR count). The van der Waals surface area contributed by atoms with E-state index in [0.29, 0.717) is 5.92 Å². The number of hydrogen-bond donors (Lipinski definition) is 0. The molecule has 1 aromatic rings. The Labute approximate surface area is 177 Å². The van der Waals surface area contributed by atoms with Gasteiger partial charge in [-0.05, 0) is 49.1 Å². The first-order valence-corrected chi connectivity index (χ1v) is 12.2. The lowest BCUT2D eigenvalue weighted by molar-refractivity contribution is -0.214. The molecule has 2 fully saturated rings. The first kappa shape index (κ1) is 22.7. The van der Waals surface area contributed by atoms with Crippen LogP contribution in [0, 0.1) is 23.6 Å². The minimum absolute atomic E-state index is 0.116. The Hall–Kier alpha value is -0.930. The van der Waals surface area contributed by atoms with Crippen LogP contribution in [0.15, 0.2) is 18.2 Å². The van der Waals surface area contributed by atoms with Crippen LogP contribution in [0.25, 0.3) is 0 Å². The first-order chi connectivity index (χ1) is 14.2. The summed E-state index contributed by atoms with van der Waals surface area (Å²) in [6, 6.07) is 5.52. The summed E-state index contributed by atoms with van der Waals surface area (Å²) in [5.41, 5.74) is 1.63. The molecular formula is C26H41FO2. The van der Waals surface area contributed by atoms with Gasteiger partial charge in [-0.25, -0.2) is 4.39 Å². The van der Waals surface area contributed by atoms with Crippen LogP contribution >= 0.6 is 0 Å². The van der Waals surface area contributed by atoms with Gasteiger partial charge in [-0.1, -0.05) is 77.3 Å². The average Bonchev–Trinajstić information content (AvgIpc) is 2.76. The minimum atomic E-state index is -0.407. The van der Waals surface area contributed by atoms with E-state index in [1.165, 1.54) is 51.4 Å². The van der Waals surface area contributed by atoms with Crippen LogP contribution in [-0.4, -0.2) is 13.2 Å². The predicted molar refractivity (Wildman–Crippen MR) is 117 cm³/mol. The SMILES string of the molecule is CCCCCc1ccc(C2OCC(C3CCC(CCCCC)CC3)CO2)cc1F.